The zero-order chi connectivity index (χ0) is 11.2. The molecular formula is C12H15N3O. The summed E-state index contributed by atoms with van der Waals surface area (Å²) in [4.78, 5) is 4.07. The standard InChI is InChI=1S/C12H15N3O/c13-6-10-3-4-12(15-8-10)16-9-11-2-1-5-14-7-11/h3-4,8,11,14H,1-2,5,7,9H2/t11-/m0/s1. The molecule has 2 heterocycles. The van der Waals surface area contributed by atoms with Crippen molar-refractivity contribution in [1.82, 2.24) is 10.3 Å². The molecule has 1 aliphatic rings. The predicted molar refractivity (Wildman–Crippen MR) is 60.0 cm³/mol. The third kappa shape index (κ3) is 2.94. The van der Waals surface area contributed by atoms with Gasteiger partial charge in [0.2, 0.25) is 5.88 Å². The lowest BCUT2D eigenvalue weighted by atomic mass is 10.0. The first-order valence-electron chi connectivity index (χ1n) is 5.58. The Morgan fingerprint density at radius 2 is 2.50 bits per heavy atom. The monoisotopic (exact) mass is 217 g/mol. The third-order valence-electron chi connectivity index (χ3n) is 2.73. The van der Waals surface area contributed by atoms with Gasteiger partial charge in [-0.05, 0) is 25.5 Å². The van der Waals surface area contributed by atoms with Gasteiger partial charge in [-0.3, -0.25) is 0 Å². The van der Waals surface area contributed by atoms with Crippen molar-refractivity contribution in [2.45, 2.75) is 12.8 Å². The number of aromatic nitrogens is 1. The van der Waals surface area contributed by atoms with Crippen LogP contribution in [-0.2, 0) is 0 Å². The van der Waals surface area contributed by atoms with Crippen LogP contribution in [0.4, 0.5) is 0 Å². The molecule has 4 nitrogen and oxygen atoms in total. The van der Waals surface area contributed by atoms with Crippen LogP contribution in [0.15, 0.2) is 18.3 Å². The highest BCUT2D eigenvalue weighted by Gasteiger charge is 2.13. The summed E-state index contributed by atoms with van der Waals surface area (Å²) in [5.41, 5.74) is 0.562. The summed E-state index contributed by atoms with van der Waals surface area (Å²) in [5.74, 6) is 1.18. The first kappa shape index (κ1) is 10.9. The summed E-state index contributed by atoms with van der Waals surface area (Å²) < 4.78 is 5.58. The maximum absolute atomic E-state index is 8.62. The van der Waals surface area contributed by atoms with E-state index >= 15 is 0 Å². The van der Waals surface area contributed by atoms with Crippen LogP contribution in [0.3, 0.4) is 0 Å². The normalized spacial score (nSPS) is 20.1. The second-order valence-electron chi connectivity index (χ2n) is 4.02. The molecule has 1 saturated heterocycles. The summed E-state index contributed by atoms with van der Waals surface area (Å²) in [6, 6.07) is 5.50. The highest BCUT2D eigenvalue weighted by molar-refractivity contribution is 5.28. The fourth-order valence-corrected chi connectivity index (χ4v) is 1.80. The molecule has 0 aliphatic carbocycles. The topological polar surface area (TPSA) is 57.9 Å². The number of rotatable bonds is 3. The number of nitrogens with one attached hydrogen (secondary N) is 1. The molecule has 1 fully saturated rings. The molecule has 0 aromatic carbocycles. The molecule has 1 aliphatic heterocycles. The summed E-state index contributed by atoms with van der Waals surface area (Å²) in [5, 5.41) is 12.0. The lowest BCUT2D eigenvalue weighted by Gasteiger charge is -2.22. The summed E-state index contributed by atoms with van der Waals surface area (Å²) >= 11 is 0. The van der Waals surface area contributed by atoms with Crippen LogP contribution in [0, 0.1) is 17.2 Å². The van der Waals surface area contributed by atoms with E-state index < -0.39 is 0 Å². The Morgan fingerprint density at radius 3 is 3.12 bits per heavy atom. The summed E-state index contributed by atoms with van der Waals surface area (Å²) in [7, 11) is 0. The van der Waals surface area contributed by atoms with Crippen molar-refractivity contribution in [3.05, 3.63) is 23.9 Å². The van der Waals surface area contributed by atoms with Crippen LogP contribution in [0.25, 0.3) is 0 Å². The van der Waals surface area contributed by atoms with E-state index in [9.17, 15) is 0 Å². The molecule has 1 atom stereocenters. The molecule has 0 bridgehead atoms. The van der Waals surface area contributed by atoms with E-state index in [2.05, 4.69) is 10.3 Å². The molecule has 84 valence electrons. The molecule has 0 radical (unpaired) electrons. The number of piperidine rings is 1. The lowest BCUT2D eigenvalue weighted by molar-refractivity contribution is 0.212. The maximum Gasteiger partial charge on any atom is 0.213 e. The van der Waals surface area contributed by atoms with Crippen molar-refractivity contribution in [3.8, 4) is 11.9 Å². The highest BCUT2D eigenvalue weighted by atomic mass is 16.5. The summed E-state index contributed by atoms with van der Waals surface area (Å²) in [6.07, 6.45) is 3.96. The van der Waals surface area contributed by atoms with Crippen LogP contribution in [0.2, 0.25) is 0 Å². The van der Waals surface area contributed by atoms with Crippen LogP contribution < -0.4 is 10.1 Å². The minimum absolute atomic E-state index is 0.562. The molecule has 2 rings (SSSR count). The maximum atomic E-state index is 8.62. The van der Waals surface area contributed by atoms with Crippen molar-refractivity contribution in [2.75, 3.05) is 19.7 Å². The SMILES string of the molecule is N#Cc1ccc(OC[C@H]2CCCNC2)nc1. The number of pyridine rings is 1. The van der Waals surface area contributed by atoms with Gasteiger partial charge in [0.1, 0.15) is 6.07 Å². The number of hydrogen-bond acceptors (Lipinski definition) is 4. The molecular weight excluding hydrogens is 202 g/mol. The fourth-order valence-electron chi connectivity index (χ4n) is 1.80. The minimum Gasteiger partial charge on any atom is -0.477 e. The predicted octanol–water partition coefficient (Wildman–Crippen LogP) is 1.33. The van der Waals surface area contributed by atoms with Gasteiger partial charge in [0.25, 0.3) is 0 Å². The van der Waals surface area contributed by atoms with E-state index in [-0.39, 0.29) is 0 Å². The van der Waals surface area contributed by atoms with Gasteiger partial charge in [0.15, 0.2) is 0 Å². The molecule has 1 N–H and O–H groups in total. The highest BCUT2D eigenvalue weighted by Crippen LogP contribution is 2.13. The second-order valence-corrected chi connectivity index (χ2v) is 4.02. The largest absolute Gasteiger partial charge is 0.477 e. The van der Waals surface area contributed by atoms with Crippen molar-refractivity contribution in [1.29, 1.82) is 5.26 Å². The van der Waals surface area contributed by atoms with Gasteiger partial charge < -0.3 is 10.1 Å². The van der Waals surface area contributed by atoms with Crippen molar-refractivity contribution in [3.63, 3.8) is 0 Å². The first-order chi connectivity index (χ1) is 7.88. The Bertz CT molecular complexity index is 363. The summed E-state index contributed by atoms with van der Waals surface area (Å²) in [6.45, 7) is 2.84. The smallest absolute Gasteiger partial charge is 0.213 e. The molecule has 1 aromatic rings. The minimum atomic E-state index is 0.562. The van der Waals surface area contributed by atoms with E-state index in [0.717, 1.165) is 13.1 Å². The third-order valence-corrected chi connectivity index (χ3v) is 2.73. The van der Waals surface area contributed by atoms with E-state index in [0.29, 0.717) is 24.0 Å². The molecule has 1 aromatic heterocycles. The molecule has 0 unspecified atom stereocenters. The van der Waals surface area contributed by atoms with Gasteiger partial charge in [-0.25, -0.2) is 4.98 Å². The second kappa shape index (κ2) is 5.47. The Balaban J connectivity index is 1.82. The number of nitrogens with zero attached hydrogens (tertiary/aromatic N) is 2. The van der Waals surface area contributed by atoms with Gasteiger partial charge in [0.05, 0.1) is 12.2 Å². The molecule has 4 heteroatoms. The van der Waals surface area contributed by atoms with E-state index in [4.69, 9.17) is 10.00 Å². The van der Waals surface area contributed by atoms with E-state index in [1.165, 1.54) is 19.0 Å². The average Bonchev–Trinajstić information content (AvgIpc) is 2.38. The Labute approximate surface area is 95.3 Å². The molecule has 0 spiro atoms. The van der Waals surface area contributed by atoms with E-state index in [1.807, 2.05) is 6.07 Å². The van der Waals surface area contributed by atoms with Gasteiger partial charge >= 0.3 is 0 Å². The van der Waals surface area contributed by atoms with Crippen molar-refractivity contribution in [2.24, 2.45) is 5.92 Å². The van der Waals surface area contributed by atoms with Crippen LogP contribution in [0.5, 0.6) is 5.88 Å². The Kier molecular flexibility index (Phi) is 3.73. The molecule has 0 amide bonds. The Hall–Kier alpha value is -1.60. The lowest BCUT2D eigenvalue weighted by Crippen LogP contribution is -2.33. The van der Waals surface area contributed by atoms with Gasteiger partial charge in [0, 0.05) is 24.7 Å². The van der Waals surface area contributed by atoms with Crippen LogP contribution in [0.1, 0.15) is 18.4 Å². The van der Waals surface area contributed by atoms with Gasteiger partial charge in [-0.1, -0.05) is 0 Å². The van der Waals surface area contributed by atoms with E-state index in [1.54, 1.807) is 12.1 Å². The molecule has 0 saturated carbocycles. The van der Waals surface area contributed by atoms with Crippen molar-refractivity contribution >= 4 is 0 Å². The number of ether oxygens (including phenoxy) is 1. The quantitative estimate of drug-likeness (QED) is 0.829. The zero-order valence-corrected chi connectivity index (χ0v) is 9.15. The Morgan fingerprint density at radius 1 is 1.56 bits per heavy atom. The molecule has 16 heavy (non-hydrogen) atoms. The van der Waals surface area contributed by atoms with Gasteiger partial charge in [-0.15, -0.1) is 0 Å². The van der Waals surface area contributed by atoms with Crippen LogP contribution >= 0.6 is 0 Å². The number of hydrogen-bond donors (Lipinski definition) is 1. The van der Waals surface area contributed by atoms with Gasteiger partial charge in [-0.2, -0.15) is 5.26 Å². The first-order valence-corrected chi connectivity index (χ1v) is 5.58. The zero-order valence-electron chi connectivity index (χ0n) is 9.15. The fraction of sp³-hybridized carbons (Fsp3) is 0.500. The van der Waals surface area contributed by atoms with Crippen LogP contribution in [-0.4, -0.2) is 24.7 Å². The average molecular weight is 217 g/mol. The number of nitriles is 1. The van der Waals surface area contributed by atoms with Crippen molar-refractivity contribution < 1.29 is 4.74 Å².